The van der Waals surface area contributed by atoms with Gasteiger partial charge in [0.1, 0.15) is 0 Å². The molecule has 1 aromatic heterocycles. The van der Waals surface area contributed by atoms with Crippen LogP contribution in [-0.2, 0) is 0 Å². The molecule has 5 heteroatoms. The fourth-order valence-electron chi connectivity index (χ4n) is 2.20. The fraction of sp³-hybridized carbons (Fsp3) is 0.0625. The highest BCUT2D eigenvalue weighted by atomic mass is 79.9. The number of aromatic nitrogens is 1. The number of benzene rings is 2. The molecule has 1 amide bonds. The van der Waals surface area contributed by atoms with Crippen LogP contribution in [0.2, 0.25) is 0 Å². The summed E-state index contributed by atoms with van der Waals surface area (Å²) in [5.41, 5.74) is 9.73. The normalized spacial score (nSPS) is 10.8. The number of anilines is 2. The lowest BCUT2D eigenvalue weighted by Crippen LogP contribution is -2.11. The van der Waals surface area contributed by atoms with Crippen molar-refractivity contribution >= 4 is 44.1 Å². The molecule has 106 valence electrons. The Labute approximate surface area is 130 Å². The zero-order chi connectivity index (χ0) is 15.0. The molecule has 0 aliphatic carbocycles. The highest BCUT2D eigenvalue weighted by Gasteiger charge is 2.12. The van der Waals surface area contributed by atoms with E-state index in [1.807, 2.05) is 37.3 Å². The van der Waals surface area contributed by atoms with Crippen molar-refractivity contribution in [2.24, 2.45) is 0 Å². The number of nitrogens with one attached hydrogen (secondary N) is 2. The van der Waals surface area contributed by atoms with Crippen LogP contribution in [0.1, 0.15) is 15.9 Å². The third kappa shape index (κ3) is 2.64. The van der Waals surface area contributed by atoms with E-state index in [0.29, 0.717) is 11.3 Å². The van der Waals surface area contributed by atoms with E-state index in [1.54, 1.807) is 12.3 Å². The Morgan fingerprint density at radius 3 is 2.81 bits per heavy atom. The zero-order valence-electron chi connectivity index (χ0n) is 11.4. The molecule has 1 heterocycles. The van der Waals surface area contributed by atoms with E-state index in [1.165, 1.54) is 0 Å². The highest BCUT2D eigenvalue weighted by Crippen LogP contribution is 2.24. The molecular weight excluding hydrogens is 330 g/mol. The van der Waals surface area contributed by atoms with E-state index in [2.05, 4.69) is 26.2 Å². The molecule has 0 saturated carbocycles. The first-order valence-corrected chi connectivity index (χ1v) is 7.28. The predicted molar refractivity (Wildman–Crippen MR) is 89.5 cm³/mol. The number of H-pyrrole nitrogens is 1. The van der Waals surface area contributed by atoms with Gasteiger partial charge in [0.25, 0.3) is 5.91 Å². The van der Waals surface area contributed by atoms with E-state index < -0.39 is 0 Å². The van der Waals surface area contributed by atoms with Crippen LogP contribution in [0.25, 0.3) is 10.9 Å². The molecule has 21 heavy (non-hydrogen) atoms. The third-order valence-electron chi connectivity index (χ3n) is 3.38. The Morgan fingerprint density at radius 2 is 2.05 bits per heavy atom. The van der Waals surface area contributed by atoms with Gasteiger partial charge >= 0.3 is 0 Å². The molecule has 0 unspecified atom stereocenters. The molecule has 0 bridgehead atoms. The van der Waals surface area contributed by atoms with Crippen LogP contribution in [0.5, 0.6) is 0 Å². The summed E-state index contributed by atoms with van der Waals surface area (Å²) in [5.74, 6) is -0.151. The average Bonchev–Trinajstić information content (AvgIpc) is 2.85. The molecule has 0 radical (unpaired) electrons. The van der Waals surface area contributed by atoms with Crippen molar-refractivity contribution < 1.29 is 4.79 Å². The van der Waals surface area contributed by atoms with Gasteiger partial charge in [0.15, 0.2) is 0 Å². The molecule has 0 aliphatic rings. The number of hydrogen-bond acceptors (Lipinski definition) is 2. The fourth-order valence-corrected chi connectivity index (χ4v) is 2.58. The van der Waals surface area contributed by atoms with E-state index in [0.717, 1.165) is 26.6 Å². The number of rotatable bonds is 2. The van der Waals surface area contributed by atoms with Gasteiger partial charge in [-0.3, -0.25) is 4.79 Å². The Bertz CT molecular complexity index is 839. The van der Waals surface area contributed by atoms with Gasteiger partial charge in [-0.1, -0.05) is 22.0 Å². The maximum Gasteiger partial charge on any atom is 0.257 e. The number of nitrogen functional groups attached to an aromatic ring is 1. The summed E-state index contributed by atoms with van der Waals surface area (Å²) in [4.78, 5) is 15.5. The van der Waals surface area contributed by atoms with Crippen LogP contribution in [0.15, 0.2) is 47.1 Å². The van der Waals surface area contributed by atoms with E-state index in [9.17, 15) is 4.79 Å². The Hall–Kier alpha value is -2.27. The molecule has 3 rings (SSSR count). The minimum absolute atomic E-state index is 0.151. The molecule has 2 aromatic carbocycles. The van der Waals surface area contributed by atoms with Crippen LogP contribution in [0.3, 0.4) is 0 Å². The summed E-state index contributed by atoms with van der Waals surface area (Å²) < 4.78 is 0.965. The van der Waals surface area contributed by atoms with Gasteiger partial charge < -0.3 is 16.0 Å². The van der Waals surface area contributed by atoms with Gasteiger partial charge in [-0.25, -0.2) is 0 Å². The number of carbonyl (C=O) groups is 1. The van der Waals surface area contributed by atoms with Crippen LogP contribution in [-0.4, -0.2) is 10.9 Å². The summed E-state index contributed by atoms with van der Waals surface area (Å²) in [5, 5.41) is 3.75. The number of hydrogen-bond donors (Lipinski definition) is 3. The second kappa shape index (κ2) is 5.26. The molecule has 0 aliphatic heterocycles. The SMILES string of the molecule is Cc1ccc(NC(=O)c2c[nH]c3cc(N)ccc23)cc1Br. The minimum Gasteiger partial charge on any atom is -0.399 e. The van der Waals surface area contributed by atoms with Crippen molar-refractivity contribution in [3.05, 3.63) is 58.2 Å². The number of aromatic amines is 1. The molecule has 3 aromatic rings. The average molecular weight is 344 g/mol. The summed E-state index contributed by atoms with van der Waals surface area (Å²) in [6.45, 7) is 2.00. The van der Waals surface area contributed by atoms with Gasteiger partial charge in [0.2, 0.25) is 0 Å². The lowest BCUT2D eigenvalue weighted by atomic mass is 10.1. The largest absolute Gasteiger partial charge is 0.399 e. The quantitative estimate of drug-likeness (QED) is 0.613. The number of fused-ring (bicyclic) bond motifs is 1. The van der Waals surface area contributed by atoms with E-state index in [4.69, 9.17) is 5.73 Å². The monoisotopic (exact) mass is 343 g/mol. The second-order valence-corrected chi connectivity index (χ2v) is 5.78. The van der Waals surface area contributed by atoms with Crippen molar-refractivity contribution in [1.82, 2.24) is 4.98 Å². The van der Waals surface area contributed by atoms with Crippen molar-refractivity contribution in [1.29, 1.82) is 0 Å². The molecule has 0 spiro atoms. The van der Waals surface area contributed by atoms with Crippen molar-refractivity contribution in [2.45, 2.75) is 6.92 Å². The third-order valence-corrected chi connectivity index (χ3v) is 4.23. The number of aryl methyl sites for hydroxylation is 1. The Morgan fingerprint density at radius 1 is 1.24 bits per heavy atom. The summed E-state index contributed by atoms with van der Waals surface area (Å²) in [7, 11) is 0. The zero-order valence-corrected chi connectivity index (χ0v) is 13.0. The van der Waals surface area contributed by atoms with E-state index >= 15 is 0 Å². The van der Waals surface area contributed by atoms with Crippen LogP contribution in [0, 0.1) is 6.92 Å². The summed E-state index contributed by atoms with van der Waals surface area (Å²) >= 11 is 3.46. The van der Waals surface area contributed by atoms with Crippen molar-refractivity contribution in [3.63, 3.8) is 0 Å². The number of nitrogens with two attached hydrogens (primary N) is 1. The van der Waals surface area contributed by atoms with Gasteiger partial charge in [0.05, 0.1) is 5.56 Å². The van der Waals surface area contributed by atoms with Crippen molar-refractivity contribution in [2.75, 3.05) is 11.1 Å². The van der Waals surface area contributed by atoms with Gasteiger partial charge in [-0.05, 0) is 42.8 Å². The molecular formula is C16H14BrN3O. The second-order valence-electron chi connectivity index (χ2n) is 4.93. The molecule has 0 fully saturated rings. The lowest BCUT2D eigenvalue weighted by Gasteiger charge is -2.06. The predicted octanol–water partition coefficient (Wildman–Crippen LogP) is 4.07. The summed E-state index contributed by atoms with van der Waals surface area (Å²) in [6.07, 6.45) is 1.70. The first kappa shape index (κ1) is 13.7. The lowest BCUT2D eigenvalue weighted by molar-refractivity contribution is 0.102. The first-order valence-electron chi connectivity index (χ1n) is 6.49. The smallest absolute Gasteiger partial charge is 0.257 e. The number of amides is 1. The molecule has 0 atom stereocenters. The maximum atomic E-state index is 12.4. The highest BCUT2D eigenvalue weighted by molar-refractivity contribution is 9.10. The van der Waals surface area contributed by atoms with Gasteiger partial charge in [-0.15, -0.1) is 0 Å². The van der Waals surface area contributed by atoms with Crippen LogP contribution >= 0.6 is 15.9 Å². The molecule has 0 saturated heterocycles. The molecule has 4 N–H and O–H groups in total. The van der Waals surface area contributed by atoms with Crippen molar-refractivity contribution in [3.8, 4) is 0 Å². The van der Waals surface area contributed by atoms with Crippen LogP contribution in [0.4, 0.5) is 11.4 Å². The number of halogens is 1. The van der Waals surface area contributed by atoms with E-state index in [-0.39, 0.29) is 5.91 Å². The topological polar surface area (TPSA) is 70.9 Å². The Balaban J connectivity index is 1.91. The Kier molecular flexibility index (Phi) is 3.43. The molecule has 4 nitrogen and oxygen atoms in total. The standard InChI is InChI=1S/C16H14BrN3O/c1-9-2-4-11(7-14(9)17)20-16(21)13-8-19-15-6-10(18)3-5-12(13)15/h2-8,19H,18H2,1H3,(H,20,21). The van der Waals surface area contributed by atoms with Crippen LogP contribution < -0.4 is 11.1 Å². The summed E-state index contributed by atoms with van der Waals surface area (Å²) in [6, 6.07) is 11.2. The first-order chi connectivity index (χ1) is 10.0. The van der Waals surface area contributed by atoms with Gasteiger partial charge in [0, 0.05) is 32.9 Å². The maximum absolute atomic E-state index is 12.4. The van der Waals surface area contributed by atoms with Gasteiger partial charge in [-0.2, -0.15) is 0 Å². The number of carbonyl (C=O) groups excluding carboxylic acids is 1. The minimum atomic E-state index is -0.151.